The Morgan fingerprint density at radius 3 is 2.26 bits per heavy atom. The topological polar surface area (TPSA) is 98.1 Å². The number of nitrogens with zero attached hydrogens (tertiary/aromatic N) is 1. The van der Waals surface area contributed by atoms with E-state index in [2.05, 4.69) is 0 Å². The van der Waals surface area contributed by atoms with Crippen LogP contribution in [-0.2, 0) is 15.0 Å². The zero-order valence-corrected chi connectivity index (χ0v) is 19.5. The van der Waals surface area contributed by atoms with E-state index in [-0.39, 0.29) is 33.9 Å². The number of phenols is 2. The van der Waals surface area contributed by atoms with Crippen molar-refractivity contribution in [3.63, 3.8) is 0 Å². The molecule has 3 N–H and O–H groups in total. The number of anilines is 1. The van der Waals surface area contributed by atoms with Crippen LogP contribution in [0.5, 0.6) is 11.5 Å². The molecule has 1 saturated heterocycles. The van der Waals surface area contributed by atoms with Crippen molar-refractivity contribution < 1.29 is 24.9 Å². The lowest BCUT2D eigenvalue weighted by atomic mass is 9.84. The fourth-order valence-electron chi connectivity index (χ4n) is 4.25. The fraction of sp³-hybridized carbons (Fsp3) is 0.214. The van der Waals surface area contributed by atoms with Crippen LogP contribution in [-0.4, -0.2) is 27.0 Å². The van der Waals surface area contributed by atoms with Crippen molar-refractivity contribution in [1.29, 1.82) is 0 Å². The Balaban J connectivity index is 2.01. The molecule has 1 amide bonds. The van der Waals surface area contributed by atoms with E-state index in [0.717, 1.165) is 11.1 Å². The Kier molecular flexibility index (Phi) is 5.69. The van der Waals surface area contributed by atoms with Crippen LogP contribution < -0.4 is 4.90 Å². The molecule has 0 radical (unpaired) electrons. The van der Waals surface area contributed by atoms with E-state index in [9.17, 15) is 24.9 Å². The molecule has 1 fully saturated rings. The number of ketones is 1. The van der Waals surface area contributed by atoms with Crippen LogP contribution in [0, 0.1) is 6.92 Å². The van der Waals surface area contributed by atoms with Gasteiger partial charge in [-0.2, -0.15) is 0 Å². The lowest BCUT2D eigenvalue weighted by molar-refractivity contribution is -0.132. The maximum Gasteiger partial charge on any atom is 0.300 e. The van der Waals surface area contributed by atoms with Gasteiger partial charge in [0.15, 0.2) is 0 Å². The molecule has 1 heterocycles. The van der Waals surface area contributed by atoms with Crippen molar-refractivity contribution in [2.45, 2.75) is 39.2 Å². The smallest absolute Gasteiger partial charge is 0.300 e. The van der Waals surface area contributed by atoms with Gasteiger partial charge in [0, 0.05) is 5.56 Å². The SMILES string of the molecule is Cc1ccc(C(C)(C)C)cc1/C(O)=C1\C(=O)C(=O)N(c2ccccc2O)C1c1cccc(O)c1. The summed E-state index contributed by atoms with van der Waals surface area (Å²) >= 11 is 0. The molecule has 4 rings (SSSR count). The van der Waals surface area contributed by atoms with Gasteiger partial charge in [0.25, 0.3) is 11.7 Å². The van der Waals surface area contributed by atoms with Gasteiger partial charge in [-0.05, 0) is 59.4 Å². The lowest BCUT2D eigenvalue weighted by Gasteiger charge is -2.26. The highest BCUT2D eigenvalue weighted by Gasteiger charge is 2.47. The first-order valence-corrected chi connectivity index (χ1v) is 11.0. The second-order valence-corrected chi connectivity index (χ2v) is 9.53. The van der Waals surface area contributed by atoms with Gasteiger partial charge in [-0.1, -0.05) is 57.2 Å². The highest BCUT2D eigenvalue weighted by molar-refractivity contribution is 6.52. The predicted molar refractivity (Wildman–Crippen MR) is 131 cm³/mol. The Hall–Kier alpha value is -4.06. The Morgan fingerprint density at radius 2 is 1.62 bits per heavy atom. The normalized spacial score (nSPS) is 17.9. The number of amides is 1. The Morgan fingerprint density at radius 1 is 0.912 bits per heavy atom. The number of aryl methyl sites for hydroxylation is 1. The zero-order chi connectivity index (χ0) is 24.8. The molecule has 0 aromatic heterocycles. The first kappa shape index (κ1) is 23.1. The van der Waals surface area contributed by atoms with E-state index in [1.807, 2.05) is 45.9 Å². The Bertz CT molecular complexity index is 1330. The summed E-state index contributed by atoms with van der Waals surface area (Å²) in [5.41, 5.74) is 2.42. The summed E-state index contributed by atoms with van der Waals surface area (Å²) in [5, 5.41) is 32.1. The number of aliphatic hydroxyl groups is 1. The molecule has 174 valence electrons. The van der Waals surface area contributed by atoms with Gasteiger partial charge in [-0.15, -0.1) is 0 Å². The van der Waals surface area contributed by atoms with Gasteiger partial charge in [0.05, 0.1) is 17.3 Å². The molecule has 1 unspecified atom stereocenters. The van der Waals surface area contributed by atoms with Gasteiger partial charge < -0.3 is 15.3 Å². The summed E-state index contributed by atoms with van der Waals surface area (Å²) in [5.74, 6) is -2.27. The third-order valence-electron chi connectivity index (χ3n) is 6.13. The van der Waals surface area contributed by atoms with E-state index in [1.165, 1.54) is 29.2 Å². The zero-order valence-electron chi connectivity index (χ0n) is 19.5. The molecule has 34 heavy (non-hydrogen) atoms. The third-order valence-corrected chi connectivity index (χ3v) is 6.13. The number of para-hydroxylation sites is 2. The summed E-state index contributed by atoms with van der Waals surface area (Å²) in [4.78, 5) is 27.7. The van der Waals surface area contributed by atoms with Crippen molar-refractivity contribution >= 4 is 23.1 Å². The van der Waals surface area contributed by atoms with E-state index in [1.54, 1.807) is 24.3 Å². The maximum atomic E-state index is 13.3. The van der Waals surface area contributed by atoms with Crippen LogP contribution >= 0.6 is 0 Å². The monoisotopic (exact) mass is 457 g/mol. The Labute approximate surface area is 198 Å². The minimum Gasteiger partial charge on any atom is -0.508 e. The van der Waals surface area contributed by atoms with E-state index < -0.39 is 17.7 Å². The van der Waals surface area contributed by atoms with Crippen LogP contribution in [0.4, 0.5) is 5.69 Å². The molecule has 3 aromatic rings. The summed E-state index contributed by atoms with van der Waals surface area (Å²) < 4.78 is 0. The molecule has 0 spiro atoms. The van der Waals surface area contributed by atoms with Gasteiger partial charge in [0.2, 0.25) is 0 Å². The molecular weight excluding hydrogens is 430 g/mol. The standard InChI is InChI=1S/C28H27NO5/c1-16-12-13-18(28(2,3)4)15-20(16)25(32)23-24(17-8-7-9-19(30)14-17)29(27(34)26(23)33)21-10-5-6-11-22(21)31/h5-15,24,30-32H,1-4H3/b25-23+. The fourth-order valence-corrected chi connectivity index (χ4v) is 4.25. The van der Waals surface area contributed by atoms with Gasteiger partial charge in [0.1, 0.15) is 17.3 Å². The summed E-state index contributed by atoms with van der Waals surface area (Å²) in [6.07, 6.45) is 0. The number of benzene rings is 3. The molecule has 0 aliphatic carbocycles. The number of aliphatic hydroxyl groups excluding tert-OH is 1. The molecule has 0 saturated carbocycles. The molecule has 6 nitrogen and oxygen atoms in total. The third kappa shape index (κ3) is 3.92. The van der Waals surface area contributed by atoms with Crippen molar-refractivity contribution in [3.05, 3.63) is 94.6 Å². The second-order valence-electron chi connectivity index (χ2n) is 9.53. The van der Waals surface area contributed by atoms with Crippen LogP contribution in [0.3, 0.4) is 0 Å². The quantitative estimate of drug-likeness (QED) is 0.281. The average molecular weight is 458 g/mol. The van der Waals surface area contributed by atoms with Crippen molar-refractivity contribution in [3.8, 4) is 11.5 Å². The van der Waals surface area contributed by atoms with Crippen LogP contribution in [0.15, 0.2) is 72.3 Å². The van der Waals surface area contributed by atoms with Gasteiger partial charge in [-0.3, -0.25) is 14.5 Å². The lowest BCUT2D eigenvalue weighted by Crippen LogP contribution is -2.29. The molecule has 1 aliphatic heterocycles. The molecule has 1 atom stereocenters. The second kappa shape index (κ2) is 8.37. The first-order valence-electron chi connectivity index (χ1n) is 11.0. The number of carbonyl (C=O) groups is 2. The van der Waals surface area contributed by atoms with Crippen molar-refractivity contribution in [1.82, 2.24) is 0 Å². The maximum absolute atomic E-state index is 13.3. The van der Waals surface area contributed by atoms with E-state index >= 15 is 0 Å². The number of phenolic OH excluding ortho intramolecular Hbond substituents is 2. The highest BCUT2D eigenvalue weighted by Crippen LogP contribution is 2.45. The number of hydrogen-bond acceptors (Lipinski definition) is 5. The largest absolute Gasteiger partial charge is 0.508 e. The van der Waals surface area contributed by atoms with Crippen LogP contribution in [0.1, 0.15) is 49.1 Å². The number of Topliss-reactive ketones (excluding diaryl/α,β-unsaturated/α-hetero) is 1. The van der Waals surface area contributed by atoms with Gasteiger partial charge in [-0.25, -0.2) is 0 Å². The molecule has 6 heteroatoms. The minimum absolute atomic E-state index is 0.0497. The van der Waals surface area contributed by atoms with Crippen molar-refractivity contribution in [2.24, 2.45) is 0 Å². The molecule has 0 bridgehead atoms. The number of hydrogen-bond donors (Lipinski definition) is 3. The van der Waals surface area contributed by atoms with Gasteiger partial charge >= 0.3 is 0 Å². The number of carbonyl (C=O) groups excluding carboxylic acids is 2. The van der Waals surface area contributed by atoms with E-state index in [0.29, 0.717) is 11.1 Å². The summed E-state index contributed by atoms with van der Waals surface area (Å²) in [6.45, 7) is 7.96. The summed E-state index contributed by atoms with van der Waals surface area (Å²) in [7, 11) is 0. The molecule has 3 aromatic carbocycles. The average Bonchev–Trinajstić information content (AvgIpc) is 3.04. The first-order chi connectivity index (χ1) is 16.0. The van der Waals surface area contributed by atoms with Crippen molar-refractivity contribution in [2.75, 3.05) is 4.90 Å². The number of rotatable bonds is 3. The van der Waals surface area contributed by atoms with E-state index in [4.69, 9.17) is 0 Å². The number of aromatic hydroxyl groups is 2. The molecular formula is C28H27NO5. The summed E-state index contributed by atoms with van der Waals surface area (Å²) in [6, 6.07) is 17.0. The minimum atomic E-state index is -1.04. The molecule has 1 aliphatic rings. The van der Waals surface area contributed by atoms with Crippen LogP contribution in [0.2, 0.25) is 0 Å². The highest BCUT2D eigenvalue weighted by atomic mass is 16.3. The predicted octanol–water partition coefficient (Wildman–Crippen LogP) is 5.33. The van der Waals surface area contributed by atoms with Crippen LogP contribution in [0.25, 0.3) is 5.76 Å².